The second-order valence-electron chi connectivity index (χ2n) is 3.71. The maximum atomic E-state index is 9.77. The van der Waals surface area contributed by atoms with Gasteiger partial charge in [0.15, 0.2) is 19.1 Å². The molecular weight excluding hydrogens is 354 g/mol. The number of aldehydes is 1. The van der Waals surface area contributed by atoms with Gasteiger partial charge in [0.25, 0.3) is 5.97 Å². The maximum Gasteiger partial charge on any atom is 0.300 e. The highest BCUT2D eigenvalue weighted by Gasteiger charge is 1.89. The highest BCUT2D eigenvalue weighted by Crippen LogP contribution is 2.01. The number of rotatable bonds is 3. The number of nitrogens with zero attached hydrogens (tertiary/aromatic N) is 2. The molecule has 2 heterocycles. The molecule has 0 radical (unpaired) electrons. The second kappa shape index (κ2) is 17.6. The van der Waals surface area contributed by atoms with Crippen LogP contribution in [0.4, 0.5) is 0 Å². The molecule has 0 aliphatic carbocycles. The van der Waals surface area contributed by atoms with Gasteiger partial charge in [-0.2, -0.15) is 0 Å². The van der Waals surface area contributed by atoms with E-state index in [1.807, 2.05) is 0 Å². The largest absolute Gasteiger partial charge is 0.481 e. The average molecular weight is 373 g/mol. The average Bonchev–Trinajstić information content (AvgIpc) is 3.18. The van der Waals surface area contributed by atoms with Gasteiger partial charge >= 0.3 is 0 Å². The fourth-order valence-corrected chi connectivity index (χ4v) is 0.879. The number of hydrogen-bond donors (Lipinski definition) is 2. The van der Waals surface area contributed by atoms with E-state index in [0.717, 1.165) is 20.2 Å². The first kappa shape index (κ1) is 27.1. The molecule has 4 N–H and O–H groups in total. The number of carboxylic acid groups (broad SMARTS) is 1. The molecule has 0 aliphatic heterocycles. The van der Waals surface area contributed by atoms with Crippen molar-refractivity contribution < 1.29 is 33.4 Å². The van der Waals surface area contributed by atoms with Gasteiger partial charge in [-0.15, -0.1) is 0 Å². The van der Waals surface area contributed by atoms with Crippen LogP contribution in [0.1, 0.15) is 23.2 Å². The summed E-state index contributed by atoms with van der Waals surface area (Å²) in [7, 11) is 0.889. The van der Waals surface area contributed by atoms with E-state index in [1.54, 1.807) is 24.3 Å². The lowest BCUT2D eigenvalue weighted by Gasteiger charge is -1.77. The van der Waals surface area contributed by atoms with Gasteiger partial charge in [0.1, 0.15) is 5.76 Å². The zero-order chi connectivity index (χ0) is 19.7. The molecule has 0 saturated heterocycles. The van der Waals surface area contributed by atoms with E-state index in [4.69, 9.17) is 24.4 Å². The van der Waals surface area contributed by atoms with E-state index in [0.29, 0.717) is 17.8 Å². The molecule has 0 fully saturated rings. The van der Waals surface area contributed by atoms with E-state index >= 15 is 0 Å². The molecule has 0 atom stereocenters. The third kappa shape index (κ3) is 25.2. The second-order valence-corrected chi connectivity index (χ2v) is 3.71. The van der Waals surface area contributed by atoms with Crippen LogP contribution in [0, 0.1) is 20.2 Å². The van der Waals surface area contributed by atoms with Crippen LogP contribution in [0.15, 0.2) is 51.8 Å². The number of hydrogen-bond acceptors (Lipinski definition) is 9. The summed E-state index contributed by atoms with van der Waals surface area (Å²) in [4.78, 5) is 36.3. The summed E-state index contributed by atoms with van der Waals surface area (Å²) < 4.78 is 9.41. The highest BCUT2D eigenvalue weighted by molar-refractivity contribution is 5.69. The molecule has 0 spiro atoms. The molecule has 0 aromatic carbocycles. The fourth-order valence-electron chi connectivity index (χ4n) is 0.879. The van der Waals surface area contributed by atoms with Gasteiger partial charge in [-0.05, 0) is 24.3 Å². The van der Waals surface area contributed by atoms with Gasteiger partial charge < -0.3 is 20.1 Å². The molecule has 0 aliphatic rings. The Balaban J connectivity index is -0.000000291. The van der Waals surface area contributed by atoms with Crippen molar-refractivity contribution in [2.45, 2.75) is 6.92 Å². The lowest BCUT2D eigenvalue weighted by atomic mass is 10.4. The Morgan fingerprint density at radius 3 is 1.73 bits per heavy atom. The zero-order valence-corrected chi connectivity index (χ0v) is 14.0. The first-order valence-corrected chi connectivity index (χ1v) is 6.30. The van der Waals surface area contributed by atoms with Crippen molar-refractivity contribution in [2.24, 2.45) is 0 Å². The minimum atomic E-state index is -0.833. The van der Waals surface area contributed by atoms with E-state index < -0.39 is 15.8 Å². The maximum absolute atomic E-state index is 9.77. The molecule has 144 valence electrons. The summed E-state index contributed by atoms with van der Waals surface area (Å²) in [5, 5.41) is 26.0. The summed E-state index contributed by atoms with van der Waals surface area (Å²) in [6.07, 6.45) is 5.71. The topological polar surface area (TPSA) is 202 Å². The smallest absolute Gasteiger partial charge is 0.300 e. The Bertz CT molecular complexity index is 629. The van der Waals surface area contributed by atoms with Gasteiger partial charge in [-0.1, -0.05) is 0 Å². The first-order chi connectivity index (χ1) is 11.7. The summed E-state index contributed by atoms with van der Waals surface area (Å²) in [5.41, 5.74) is 0. The number of furan rings is 2. The predicted molar refractivity (Wildman–Crippen MR) is 90.1 cm³/mol. The Morgan fingerprint density at radius 2 is 1.50 bits per heavy atom. The lowest BCUT2D eigenvalue weighted by Crippen LogP contribution is -1.80. The monoisotopic (exact) mass is 373 g/mol. The molecule has 12 heteroatoms. The molecular formula is C14H19N3O9. The molecule has 12 nitrogen and oxygen atoms in total. The fraction of sp³-hybridized carbons (Fsp3) is 0.143. The number of carboxylic acids is 1. The van der Waals surface area contributed by atoms with E-state index in [-0.39, 0.29) is 6.15 Å². The van der Waals surface area contributed by atoms with Crippen molar-refractivity contribution in [1.82, 2.24) is 6.15 Å². The van der Waals surface area contributed by atoms with Gasteiger partial charge in [-0.25, -0.2) is 0 Å². The number of carbonyl (C=O) groups is 2. The molecule has 0 saturated carbocycles. The van der Waals surface area contributed by atoms with E-state index in [2.05, 4.69) is 4.42 Å². The molecule has 2 aromatic heterocycles. The zero-order valence-electron chi connectivity index (χ0n) is 14.0. The van der Waals surface area contributed by atoms with Crippen molar-refractivity contribution in [1.29, 1.82) is 0 Å². The lowest BCUT2D eigenvalue weighted by molar-refractivity contribution is -0.445. The van der Waals surface area contributed by atoms with Gasteiger partial charge in [0.2, 0.25) is 6.20 Å². The summed E-state index contributed by atoms with van der Waals surface area (Å²) in [5.74, 6) is 0.0247. The van der Waals surface area contributed by atoms with Crippen LogP contribution in [0.3, 0.4) is 0 Å². The molecule has 0 amide bonds. The van der Waals surface area contributed by atoms with Crippen LogP contribution in [0.2, 0.25) is 0 Å². The molecule has 26 heavy (non-hydrogen) atoms. The Hall–Kier alpha value is -3.80. The van der Waals surface area contributed by atoms with Crippen LogP contribution >= 0.6 is 0 Å². The molecule has 0 bridgehead atoms. The minimum Gasteiger partial charge on any atom is -0.481 e. The van der Waals surface area contributed by atoms with E-state index in [1.165, 1.54) is 18.6 Å². The molecule has 0 unspecified atom stereocenters. The number of nitro groups is 2. The van der Waals surface area contributed by atoms with Crippen molar-refractivity contribution in [3.63, 3.8) is 0 Å². The van der Waals surface area contributed by atoms with Crippen LogP contribution < -0.4 is 6.15 Å². The quantitative estimate of drug-likeness (QED) is 0.457. The van der Waals surface area contributed by atoms with Crippen molar-refractivity contribution in [2.75, 3.05) is 7.05 Å². The van der Waals surface area contributed by atoms with E-state index in [9.17, 15) is 14.9 Å². The molecule has 2 rings (SSSR count). The third-order valence-electron chi connectivity index (χ3n) is 1.56. The van der Waals surface area contributed by atoms with Crippen molar-refractivity contribution in [3.05, 3.63) is 74.7 Å². The van der Waals surface area contributed by atoms with Crippen LogP contribution in [0.25, 0.3) is 6.08 Å². The van der Waals surface area contributed by atoms with Crippen LogP contribution in [-0.2, 0) is 4.79 Å². The Morgan fingerprint density at radius 1 is 1.12 bits per heavy atom. The van der Waals surface area contributed by atoms with Crippen LogP contribution in [0.5, 0.6) is 0 Å². The summed E-state index contributed by atoms with van der Waals surface area (Å²) in [6.45, 7) is 1.08. The third-order valence-corrected chi connectivity index (χ3v) is 1.56. The van der Waals surface area contributed by atoms with Crippen molar-refractivity contribution in [3.8, 4) is 0 Å². The number of aliphatic carboxylic acids is 1. The SMILES string of the molecule is CC(=O)O.C[N+](=O)[O-].N.O=Cc1ccco1.O=[N+]([O-])/C=C/c1ccco1. The normalized spacial score (nSPS) is 8.23. The summed E-state index contributed by atoms with van der Waals surface area (Å²) >= 11 is 0. The van der Waals surface area contributed by atoms with Crippen LogP contribution in [-0.4, -0.2) is 34.3 Å². The molecule has 2 aromatic rings. The van der Waals surface area contributed by atoms with Gasteiger partial charge in [0, 0.05) is 11.8 Å². The van der Waals surface area contributed by atoms with Gasteiger partial charge in [-0.3, -0.25) is 29.8 Å². The van der Waals surface area contributed by atoms with Gasteiger partial charge in [0.05, 0.1) is 23.5 Å². The predicted octanol–water partition coefficient (Wildman–Crippen LogP) is 2.76. The Kier molecular flexibility index (Phi) is 18.3. The van der Waals surface area contributed by atoms with Crippen molar-refractivity contribution >= 4 is 18.3 Å². The first-order valence-electron chi connectivity index (χ1n) is 6.30. The standard InChI is InChI=1S/C6H5NO3.C5H4O2.C2H4O2.CH3NO2.H3N/c8-7(9)4-3-6-2-1-5-10-6;6-4-5-2-1-3-7-5;2*1-2(3)4;/h1-5H;1-4H;1H3,(H,3,4);1H3;1H3/b4-3+;;;;. The number of carbonyl (C=O) groups excluding carboxylic acids is 1. The minimum absolute atomic E-state index is 0. The Labute approximate surface area is 147 Å². The summed E-state index contributed by atoms with van der Waals surface area (Å²) in [6, 6.07) is 6.58. The highest BCUT2D eigenvalue weighted by atomic mass is 16.6.